The number of aromatic nitrogens is 6. The molecule has 0 radical (unpaired) electrons. The number of hydrogen-bond donors (Lipinski definition) is 1. The van der Waals surface area contributed by atoms with Gasteiger partial charge in [-0.15, -0.1) is 10.2 Å². The highest BCUT2D eigenvalue weighted by Crippen LogP contribution is 2.46. The van der Waals surface area contributed by atoms with E-state index >= 15 is 0 Å². The number of nitrogens with one attached hydrogen (secondary N) is 1. The molecule has 0 aliphatic rings. The van der Waals surface area contributed by atoms with E-state index in [0.717, 1.165) is 12.8 Å². The van der Waals surface area contributed by atoms with Crippen molar-refractivity contribution in [3.63, 3.8) is 0 Å². The largest absolute Gasteiger partial charge is 0.464 e. The van der Waals surface area contributed by atoms with Gasteiger partial charge in [-0.3, -0.25) is 0 Å². The van der Waals surface area contributed by atoms with E-state index in [9.17, 15) is 26.7 Å². The molecule has 1 N–H and O–H groups in total. The molecule has 4 aromatic rings. The fourth-order valence-corrected chi connectivity index (χ4v) is 4.49. The summed E-state index contributed by atoms with van der Waals surface area (Å²) in [6, 6.07) is 9.87. The lowest BCUT2D eigenvalue weighted by molar-refractivity contribution is -0.293. The number of aromatic amines is 1. The van der Waals surface area contributed by atoms with Gasteiger partial charge in [0.15, 0.2) is 5.82 Å². The van der Waals surface area contributed by atoms with Gasteiger partial charge in [0.25, 0.3) is 0 Å². The van der Waals surface area contributed by atoms with Crippen LogP contribution >= 0.6 is 0 Å². The number of halogens is 5. The Balaban J connectivity index is 1.90. The minimum atomic E-state index is -5.93. The number of nitrogens with zero attached hydrogens (tertiary/aromatic N) is 5. The van der Waals surface area contributed by atoms with Crippen LogP contribution in [0.2, 0.25) is 0 Å². The smallest absolute Gasteiger partial charge is 0.461 e. The van der Waals surface area contributed by atoms with Crippen LogP contribution < -0.4 is 0 Å². The van der Waals surface area contributed by atoms with E-state index in [1.165, 1.54) is 19.1 Å². The molecule has 13 heteroatoms. The van der Waals surface area contributed by atoms with E-state index in [-0.39, 0.29) is 29.9 Å². The summed E-state index contributed by atoms with van der Waals surface area (Å²) in [6.45, 7) is 3.46. The van der Waals surface area contributed by atoms with E-state index in [1.807, 2.05) is 6.92 Å². The number of imidazole rings is 1. The lowest BCUT2D eigenvalue weighted by Gasteiger charge is -2.25. The number of tetrazole rings is 1. The van der Waals surface area contributed by atoms with Crippen LogP contribution in [0.3, 0.4) is 0 Å². The van der Waals surface area contributed by atoms with Gasteiger partial charge in [-0.2, -0.15) is 27.2 Å². The SMILES string of the molecule is CCCCCCC(C(=O)OCC)n1c(C(F)(F)C(F)(F)F)nc2cc(-c3ccccc3-c3nn[nH]n3)ccc21. The summed E-state index contributed by atoms with van der Waals surface area (Å²) in [5.74, 6) is -7.49. The molecule has 2 aromatic carbocycles. The zero-order chi connectivity index (χ0) is 28.2. The van der Waals surface area contributed by atoms with Gasteiger partial charge < -0.3 is 9.30 Å². The molecule has 1 unspecified atom stereocenters. The third-order valence-corrected chi connectivity index (χ3v) is 6.35. The Morgan fingerprint density at radius 2 is 1.77 bits per heavy atom. The van der Waals surface area contributed by atoms with Crippen molar-refractivity contribution in [3.05, 3.63) is 48.3 Å². The van der Waals surface area contributed by atoms with Gasteiger partial charge in [0.05, 0.1) is 17.6 Å². The van der Waals surface area contributed by atoms with Crippen molar-refractivity contribution < 1.29 is 31.5 Å². The second-order valence-electron chi connectivity index (χ2n) is 8.98. The summed E-state index contributed by atoms with van der Waals surface area (Å²) >= 11 is 0. The van der Waals surface area contributed by atoms with Crippen LogP contribution in [0.25, 0.3) is 33.5 Å². The Kier molecular flexibility index (Phi) is 8.26. The number of ether oxygens (including phenoxy) is 1. The highest BCUT2D eigenvalue weighted by atomic mass is 19.4. The fourth-order valence-electron chi connectivity index (χ4n) is 4.49. The van der Waals surface area contributed by atoms with Crippen LogP contribution in [-0.2, 0) is 15.5 Å². The van der Waals surface area contributed by atoms with Gasteiger partial charge in [0.1, 0.15) is 6.04 Å². The molecule has 0 saturated heterocycles. The Morgan fingerprint density at radius 1 is 1.03 bits per heavy atom. The first-order chi connectivity index (χ1) is 18.6. The Bertz CT molecular complexity index is 1420. The number of carbonyl (C=O) groups is 1. The topological polar surface area (TPSA) is 98.6 Å². The number of H-pyrrole nitrogens is 1. The average Bonchev–Trinajstić information content (AvgIpc) is 3.57. The molecule has 0 amide bonds. The first kappa shape index (κ1) is 28.1. The summed E-state index contributed by atoms with van der Waals surface area (Å²) in [5, 5.41) is 13.8. The monoisotopic (exact) mass is 550 g/mol. The molecule has 2 heterocycles. The number of unbranched alkanes of at least 4 members (excludes halogenated alkanes) is 3. The van der Waals surface area contributed by atoms with Crippen molar-refractivity contribution in [2.24, 2.45) is 0 Å². The second kappa shape index (κ2) is 11.5. The number of rotatable bonds is 11. The third kappa shape index (κ3) is 5.62. The molecule has 8 nitrogen and oxygen atoms in total. The quantitative estimate of drug-likeness (QED) is 0.128. The van der Waals surface area contributed by atoms with Crippen molar-refractivity contribution in [2.45, 2.75) is 64.1 Å². The van der Waals surface area contributed by atoms with Crippen molar-refractivity contribution in [3.8, 4) is 22.5 Å². The maximum Gasteiger partial charge on any atom is 0.461 e. The van der Waals surface area contributed by atoms with Crippen LogP contribution in [0.15, 0.2) is 42.5 Å². The minimum absolute atomic E-state index is 0.0215. The summed E-state index contributed by atoms with van der Waals surface area (Å²) in [6.07, 6.45) is -3.08. The van der Waals surface area contributed by atoms with E-state index in [4.69, 9.17) is 4.74 Å². The Labute approximate surface area is 220 Å². The average molecular weight is 551 g/mol. The molecular formula is C26H27F5N6O2. The first-order valence-corrected chi connectivity index (χ1v) is 12.6. The molecule has 0 fully saturated rings. The number of carbonyl (C=O) groups excluding carboxylic acids is 1. The van der Waals surface area contributed by atoms with E-state index in [0.29, 0.717) is 34.1 Å². The molecule has 208 valence electrons. The molecule has 0 bridgehead atoms. The van der Waals surface area contributed by atoms with Gasteiger partial charge in [-0.05, 0) is 41.8 Å². The van der Waals surface area contributed by atoms with E-state index in [2.05, 4.69) is 25.6 Å². The molecule has 0 spiro atoms. The number of fused-ring (bicyclic) bond motifs is 1. The number of hydrogen-bond acceptors (Lipinski definition) is 6. The van der Waals surface area contributed by atoms with Gasteiger partial charge in [-0.1, -0.05) is 62.9 Å². The van der Waals surface area contributed by atoms with Crippen LogP contribution in [-0.4, -0.2) is 48.9 Å². The van der Waals surface area contributed by atoms with Crippen molar-refractivity contribution >= 4 is 17.0 Å². The normalized spacial score (nSPS) is 13.1. The summed E-state index contributed by atoms with van der Waals surface area (Å²) in [5.41, 5.74) is 1.46. The number of benzene rings is 2. The van der Waals surface area contributed by atoms with Gasteiger partial charge >= 0.3 is 18.1 Å². The molecule has 4 rings (SSSR count). The Hall–Kier alpha value is -3.90. The van der Waals surface area contributed by atoms with Gasteiger partial charge in [0, 0.05) is 5.56 Å². The first-order valence-electron chi connectivity index (χ1n) is 12.6. The lowest BCUT2D eigenvalue weighted by Crippen LogP contribution is -2.38. The van der Waals surface area contributed by atoms with Crippen LogP contribution in [0.1, 0.15) is 57.8 Å². The van der Waals surface area contributed by atoms with Gasteiger partial charge in [-0.25, -0.2) is 9.78 Å². The van der Waals surface area contributed by atoms with E-state index < -0.39 is 29.9 Å². The predicted molar refractivity (Wildman–Crippen MR) is 133 cm³/mol. The molecular weight excluding hydrogens is 523 g/mol. The molecule has 0 saturated carbocycles. The van der Waals surface area contributed by atoms with E-state index in [1.54, 1.807) is 30.3 Å². The zero-order valence-electron chi connectivity index (χ0n) is 21.3. The number of alkyl halides is 5. The maximum absolute atomic E-state index is 14.9. The molecule has 39 heavy (non-hydrogen) atoms. The highest BCUT2D eigenvalue weighted by molar-refractivity contribution is 5.88. The van der Waals surface area contributed by atoms with Crippen molar-refractivity contribution in [1.82, 2.24) is 30.2 Å². The standard InChI is InChI=1S/C26H27F5N6O2/c1-3-5-6-7-12-21(23(38)39-4-2)37-20-14-13-16(15-19(20)32-24(37)25(27,28)26(29,30)31)17-10-8-9-11-18(17)22-33-35-36-34-22/h8-11,13-15,21H,3-7,12H2,1-2H3,(H,33,34,35,36). The van der Waals surface area contributed by atoms with Crippen LogP contribution in [0.5, 0.6) is 0 Å². The molecule has 0 aliphatic carbocycles. The Morgan fingerprint density at radius 3 is 2.41 bits per heavy atom. The predicted octanol–water partition coefficient (Wildman–Crippen LogP) is 6.61. The van der Waals surface area contributed by atoms with Crippen molar-refractivity contribution in [2.75, 3.05) is 6.61 Å². The van der Waals surface area contributed by atoms with Gasteiger partial charge in [0.2, 0.25) is 5.82 Å². The molecule has 0 aliphatic heterocycles. The molecule has 1 atom stereocenters. The van der Waals surface area contributed by atoms with Crippen LogP contribution in [0, 0.1) is 0 Å². The summed E-state index contributed by atoms with van der Waals surface area (Å²) < 4.78 is 76.4. The molecule has 2 aromatic heterocycles. The summed E-state index contributed by atoms with van der Waals surface area (Å²) in [7, 11) is 0. The highest BCUT2D eigenvalue weighted by Gasteiger charge is 2.62. The zero-order valence-corrected chi connectivity index (χ0v) is 21.3. The maximum atomic E-state index is 14.9. The second-order valence-corrected chi connectivity index (χ2v) is 8.98. The number of esters is 1. The lowest BCUT2D eigenvalue weighted by atomic mass is 9.99. The minimum Gasteiger partial charge on any atom is -0.464 e. The van der Waals surface area contributed by atoms with Crippen LogP contribution in [0.4, 0.5) is 22.0 Å². The van der Waals surface area contributed by atoms with Crippen molar-refractivity contribution in [1.29, 1.82) is 0 Å². The fraction of sp³-hybridized carbons (Fsp3) is 0.423. The summed E-state index contributed by atoms with van der Waals surface area (Å²) in [4.78, 5) is 16.7. The third-order valence-electron chi connectivity index (χ3n) is 6.35.